The van der Waals surface area contributed by atoms with Gasteiger partial charge in [0.05, 0.1) is 7.11 Å². The molecule has 1 saturated heterocycles. The summed E-state index contributed by atoms with van der Waals surface area (Å²) in [6, 6.07) is 13.6. The van der Waals surface area contributed by atoms with E-state index in [-0.39, 0.29) is 29.0 Å². The van der Waals surface area contributed by atoms with E-state index in [1.54, 1.807) is 29.8 Å². The summed E-state index contributed by atoms with van der Waals surface area (Å²) in [5.41, 5.74) is 2.49. The summed E-state index contributed by atoms with van der Waals surface area (Å²) >= 11 is 1.61. The molecule has 1 fully saturated rings. The van der Waals surface area contributed by atoms with Gasteiger partial charge in [-0.1, -0.05) is 44.2 Å². The molecule has 3 amide bonds. The van der Waals surface area contributed by atoms with Gasteiger partial charge in [0.25, 0.3) is 5.91 Å². The molecular weight excluding hydrogens is 450 g/mol. The Morgan fingerprint density at radius 3 is 2.59 bits per heavy atom. The summed E-state index contributed by atoms with van der Waals surface area (Å²) in [5, 5.41) is 5.67. The molecule has 0 aromatic heterocycles. The fraction of sp³-hybridized carbons (Fsp3) is 0.423. The van der Waals surface area contributed by atoms with Crippen molar-refractivity contribution in [3.8, 4) is 5.75 Å². The highest BCUT2D eigenvalue weighted by molar-refractivity contribution is 8.01. The molecule has 0 aliphatic carbocycles. The van der Waals surface area contributed by atoms with Crippen molar-refractivity contribution in [1.82, 2.24) is 15.5 Å². The largest absolute Gasteiger partial charge is 0.497 e. The lowest BCUT2D eigenvalue weighted by atomic mass is 9.98. The van der Waals surface area contributed by atoms with E-state index in [0.29, 0.717) is 17.9 Å². The van der Waals surface area contributed by atoms with Gasteiger partial charge in [0, 0.05) is 16.9 Å². The Labute approximate surface area is 204 Å². The van der Waals surface area contributed by atoms with Gasteiger partial charge >= 0.3 is 0 Å². The van der Waals surface area contributed by atoms with Crippen molar-refractivity contribution >= 4 is 29.5 Å². The Bertz CT molecular complexity index is 1120. The van der Waals surface area contributed by atoms with Gasteiger partial charge in [-0.15, -0.1) is 11.8 Å². The molecule has 0 unspecified atom stereocenters. The molecule has 34 heavy (non-hydrogen) atoms. The number of thioether (sulfide) groups is 1. The Hall–Kier alpha value is -3.00. The van der Waals surface area contributed by atoms with Crippen LogP contribution in [0.25, 0.3) is 0 Å². The molecule has 2 aliphatic heterocycles. The molecule has 2 aromatic rings. The number of benzene rings is 2. The zero-order valence-corrected chi connectivity index (χ0v) is 20.9. The maximum absolute atomic E-state index is 13.6. The smallest absolute Gasteiger partial charge is 0.256 e. The lowest BCUT2D eigenvalue weighted by Gasteiger charge is -2.32. The molecule has 0 saturated carbocycles. The normalized spacial score (nSPS) is 21.1. The van der Waals surface area contributed by atoms with Crippen LogP contribution in [-0.4, -0.2) is 46.6 Å². The molecule has 2 aromatic carbocycles. The zero-order chi connectivity index (χ0) is 24.6. The highest BCUT2D eigenvalue weighted by atomic mass is 32.2. The SMILES string of the molecule is COc1cccc(CNC(=O)[C@@H](NC(=O)[C@H]2N3C(=O)c4ccccc4[C@@H]3SC2(C)C)C(C)C)c1. The van der Waals surface area contributed by atoms with Crippen LogP contribution in [0.3, 0.4) is 0 Å². The van der Waals surface area contributed by atoms with Crippen molar-refractivity contribution in [3.63, 3.8) is 0 Å². The number of rotatable bonds is 7. The van der Waals surface area contributed by atoms with E-state index in [9.17, 15) is 14.4 Å². The predicted octanol–water partition coefficient (Wildman–Crippen LogP) is 3.50. The minimum Gasteiger partial charge on any atom is -0.497 e. The quantitative estimate of drug-likeness (QED) is 0.632. The number of nitrogens with one attached hydrogen (secondary N) is 2. The average molecular weight is 482 g/mol. The first kappa shape index (κ1) is 24.1. The van der Waals surface area contributed by atoms with Gasteiger partial charge in [0.15, 0.2) is 0 Å². The molecule has 8 heteroatoms. The first-order valence-corrected chi connectivity index (χ1v) is 12.3. The lowest BCUT2D eigenvalue weighted by Crippen LogP contribution is -2.58. The number of hydrogen-bond acceptors (Lipinski definition) is 5. The van der Waals surface area contributed by atoms with Crippen LogP contribution in [0.5, 0.6) is 5.75 Å². The maximum Gasteiger partial charge on any atom is 0.256 e. The number of ether oxygens (including phenoxy) is 1. The fourth-order valence-corrected chi connectivity index (χ4v) is 6.24. The van der Waals surface area contributed by atoms with E-state index >= 15 is 0 Å². The highest BCUT2D eigenvalue weighted by Gasteiger charge is 2.57. The second-order valence-corrected chi connectivity index (χ2v) is 11.3. The molecule has 7 nitrogen and oxygen atoms in total. The van der Waals surface area contributed by atoms with E-state index in [2.05, 4.69) is 10.6 Å². The number of carbonyl (C=O) groups is 3. The molecule has 180 valence electrons. The molecule has 0 spiro atoms. The number of hydrogen-bond donors (Lipinski definition) is 2. The maximum atomic E-state index is 13.6. The minimum absolute atomic E-state index is 0.131. The molecule has 2 N–H and O–H groups in total. The van der Waals surface area contributed by atoms with Crippen molar-refractivity contribution < 1.29 is 19.1 Å². The monoisotopic (exact) mass is 481 g/mol. The summed E-state index contributed by atoms with van der Waals surface area (Å²) in [5.74, 6) is -0.123. The molecule has 0 radical (unpaired) electrons. The van der Waals surface area contributed by atoms with Gasteiger partial charge in [0.2, 0.25) is 11.8 Å². The Balaban J connectivity index is 1.49. The molecule has 2 heterocycles. The molecule has 2 aliphatic rings. The Morgan fingerprint density at radius 2 is 1.88 bits per heavy atom. The van der Waals surface area contributed by atoms with E-state index in [1.807, 2.05) is 70.2 Å². The van der Waals surface area contributed by atoms with E-state index in [4.69, 9.17) is 4.74 Å². The third-order valence-corrected chi connectivity index (χ3v) is 7.93. The summed E-state index contributed by atoms with van der Waals surface area (Å²) in [6.07, 6.45) is 0. The third-order valence-electron chi connectivity index (χ3n) is 6.39. The van der Waals surface area contributed by atoms with Crippen LogP contribution in [-0.2, 0) is 16.1 Å². The predicted molar refractivity (Wildman–Crippen MR) is 132 cm³/mol. The molecule has 3 atom stereocenters. The van der Waals surface area contributed by atoms with Crippen molar-refractivity contribution in [3.05, 3.63) is 65.2 Å². The van der Waals surface area contributed by atoms with Crippen LogP contribution >= 0.6 is 11.8 Å². The highest BCUT2D eigenvalue weighted by Crippen LogP contribution is 2.56. The topological polar surface area (TPSA) is 87.7 Å². The van der Waals surface area contributed by atoms with Crippen molar-refractivity contribution in [2.24, 2.45) is 5.92 Å². The van der Waals surface area contributed by atoms with Crippen molar-refractivity contribution in [2.75, 3.05) is 7.11 Å². The number of amides is 3. The zero-order valence-electron chi connectivity index (χ0n) is 20.1. The summed E-state index contributed by atoms with van der Waals surface area (Å²) in [6.45, 7) is 8.06. The summed E-state index contributed by atoms with van der Waals surface area (Å²) in [4.78, 5) is 41.5. The minimum atomic E-state index is -0.724. The van der Waals surface area contributed by atoms with Crippen molar-refractivity contribution in [1.29, 1.82) is 0 Å². The lowest BCUT2D eigenvalue weighted by molar-refractivity contribution is -0.132. The second-order valence-electron chi connectivity index (χ2n) is 9.58. The van der Waals surface area contributed by atoms with Gasteiger partial charge in [-0.25, -0.2) is 0 Å². The van der Waals surface area contributed by atoms with Crippen LogP contribution in [0.4, 0.5) is 0 Å². The number of nitrogens with zero attached hydrogens (tertiary/aromatic N) is 1. The standard InChI is InChI=1S/C26H31N3O4S/c1-15(2)20(22(30)27-14-16-9-8-10-17(13-16)33-5)28-23(31)21-26(3,4)34-25-19-12-7-6-11-18(19)24(32)29(21)25/h6-13,15,20-21,25H,14H2,1-5H3,(H,27,30)(H,28,31)/t20-,21+,25-/m0/s1. The van der Waals surface area contributed by atoms with Crippen LogP contribution in [0.15, 0.2) is 48.5 Å². The van der Waals surface area contributed by atoms with Crippen molar-refractivity contribution in [2.45, 2.75) is 56.4 Å². The Morgan fingerprint density at radius 1 is 1.15 bits per heavy atom. The average Bonchev–Trinajstić information content (AvgIpc) is 3.24. The summed E-state index contributed by atoms with van der Waals surface area (Å²) in [7, 11) is 1.60. The first-order valence-electron chi connectivity index (χ1n) is 11.4. The van der Waals surface area contributed by atoms with Crippen LogP contribution in [0.2, 0.25) is 0 Å². The van der Waals surface area contributed by atoms with E-state index < -0.39 is 16.8 Å². The second kappa shape index (κ2) is 9.33. The van der Waals surface area contributed by atoms with Gasteiger partial charge in [-0.3, -0.25) is 14.4 Å². The molecule has 0 bridgehead atoms. The first-order chi connectivity index (χ1) is 16.1. The fourth-order valence-electron chi connectivity index (χ4n) is 4.65. The van der Waals surface area contributed by atoms with Crippen LogP contribution in [0, 0.1) is 5.92 Å². The van der Waals surface area contributed by atoms with Gasteiger partial charge in [0.1, 0.15) is 23.2 Å². The van der Waals surface area contributed by atoms with Gasteiger partial charge in [-0.05, 0) is 49.1 Å². The van der Waals surface area contributed by atoms with E-state index in [0.717, 1.165) is 11.1 Å². The molecule has 4 rings (SSSR count). The summed E-state index contributed by atoms with van der Waals surface area (Å²) < 4.78 is 4.74. The third kappa shape index (κ3) is 4.39. The van der Waals surface area contributed by atoms with Crippen LogP contribution in [0.1, 0.15) is 54.6 Å². The number of fused-ring (bicyclic) bond motifs is 3. The Kier molecular flexibility index (Phi) is 6.62. The number of carbonyl (C=O) groups excluding carboxylic acids is 3. The number of methoxy groups -OCH3 is 1. The van der Waals surface area contributed by atoms with Crippen LogP contribution < -0.4 is 15.4 Å². The van der Waals surface area contributed by atoms with Gasteiger partial charge in [-0.2, -0.15) is 0 Å². The van der Waals surface area contributed by atoms with E-state index in [1.165, 1.54) is 0 Å². The molecular formula is C26H31N3O4S. The van der Waals surface area contributed by atoms with Gasteiger partial charge < -0.3 is 20.3 Å².